The van der Waals surface area contributed by atoms with Crippen LogP contribution in [0.5, 0.6) is 5.75 Å². The van der Waals surface area contributed by atoms with Crippen LogP contribution in [0, 0.1) is 0 Å². The molecule has 4 heteroatoms. The fraction of sp³-hybridized carbons (Fsp3) is 0.571. The maximum absolute atomic E-state index is 5.90. The molecule has 0 heterocycles. The molecule has 3 nitrogen and oxygen atoms in total. The third kappa shape index (κ3) is 6.84. The van der Waals surface area contributed by atoms with Crippen LogP contribution in [0.25, 0.3) is 0 Å². The molecule has 1 aromatic rings. The van der Waals surface area contributed by atoms with Crippen LogP contribution in [-0.2, 0) is 0 Å². The molecule has 1 aromatic carbocycles. The van der Waals surface area contributed by atoms with E-state index in [0.29, 0.717) is 5.02 Å². The third-order valence-electron chi connectivity index (χ3n) is 2.47. The van der Waals surface area contributed by atoms with Gasteiger partial charge in [0, 0.05) is 24.7 Å². The van der Waals surface area contributed by atoms with Gasteiger partial charge in [-0.2, -0.15) is 0 Å². The topological polar surface area (TPSA) is 33.3 Å². The quantitative estimate of drug-likeness (QED) is 0.677. The summed E-state index contributed by atoms with van der Waals surface area (Å²) in [6.45, 7) is 8.09. The van der Waals surface area contributed by atoms with Crippen molar-refractivity contribution < 1.29 is 4.74 Å². The standard InChI is InChI=1S/C14H23ClN2O/c1-3-7-16-8-9-17-11-12(2)18-14-6-4-5-13(15)10-14/h4-6,10,12,16-17H,3,7-9,11H2,1-2H3. The van der Waals surface area contributed by atoms with Gasteiger partial charge in [0.1, 0.15) is 11.9 Å². The molecule has 0 aliphatic carbocycles. The Labute approximate surface area is 115 Å². The molecule has 2 N–H and O–H groups in total. The lowest BCUT2D eigenvalue weighted by molar-refractivity contribution is 0.217. The molecule has 0 saturated heterocycles. The first-order chi connectivity index (χ1) is 8.72. The molecular weight excluding hydrogens is 248 g/mol. The van der Waals surface area contributed by atoms with Crippen LogP contribution in [0.4, 0.5) is 0 Å². The van der Waals surface area contributed by atoms with Crippen molar-refractivity contribution in [1.29, 1.82) is 0 Å². The van der Waals surface area contributed by atoms with Gasteiger partial charge in [-0.05, 0) is 38.1 Å². The van der Waals surface area contributed by atoms with E-state index in [1.165, 1.54) is 6.42 Å². The lowest BCUT2D eigenvalue weighted by atomic mass is 10.3. The van der Waals surface area contributed by atoms with Gasteiger partial charge in [-0.15, -0.1) is 0 Å². The molecule has 0 radical (unpaired) electrons. The van der Waals surface area contributed by atoms with Crippen LogP contribution in [0.3, 0.4) is 0 Å². The fourth-order valence-corrected chi connectivity index (χ4v) is 1.78. The summed E-state index contributed by atoms with van der Waals surface area (Å²) in [6, 6.07) is 7.50. The van der Waals surface area contributed by atoms with Crippen molar-refractivity contribution >= 4 is 11.6 Å². The Bertz CT molecular complexity index is 333. The molecule has 1 rings (SSSR count). The second-order valence-electron chi connectivity index (χ2n) is 4.34. The summed E-state index contributed by atoms with van der Waals surface area (Å²) in [7, 11) is 0. The van der Waals surface area contributed by atoms with Gasteiger partial charge in [0.05, 0.1) is 0 Å². The summed E-state index contributed by atoms with van der Waals surface area (Å²) in [4.78, 5) is 0. The Balaban J connectivity index is 2.12. The number of hydrogen-bond donors (Lipinski definition) is 2. The Morgan fingerprint density at radius 1 is 1.22 bits per heavy atom. The highest BCUT2D eigenvalue weighted by atomic mass is 35.5. The summed E-state index contributed by atoms with van der Waals surface area (Å²) in [6.07, 6.45) is 1.31. The number of benzene rings is 1. The van der Waals surface area contributed by atoms with Crippen molar-refractivity contribution in [3.8, 4) is 5.75 Å². The first-order valence-electron chi connectivity index (χ1n) is 6.56. The minimum atomic E-state index is 0.134. The maximum atomic E-state index is 5.90. The molecule has 0 aromatic heterocycles. The van der Waals surface area contributed by atoms with Crippen molar-refractivity contribution in [3.63, 3.8) is 0 Å². The van der Waals surface area contributed by atoms with Gasteiger partial charge in [-0.25, -0.2) is 0 Å². The summed E-state index contributed by atoms with van der Waals surface area (Å²) in [5.41, 5.74) is 0. The van der Waals surface area contributed by atoms with Crippen molar-refractivity contribution in [3.05, 3.63) is 29.3 Å². The lowest BCUT2D eigenvalue weighted by Gasteiger charge is -2.15. The van der Waals surface area contributed by atoms with E-state index in [2.05, 4.69) is 17.6 Å². The molecule has 0 aliphatic heterocycles. The van der Waals surface area contributed by atoms with Crippen LogP contribution >= 0.6 is 11.6 Å². The average molecular weight is 271 g/mol. The van der Waals surface area contributed by atoms with Gasteiger partial charge < -0.3 is 15.4 Å². The van der Waals surface area contributed by atoms with Crippen LogP contribution in [0.1, 0.15) is 20.3 Å². The van der Waals surface area contributed by atoms with Crippen LogP contribution in [-0.4, -0.2) is 32.3 Å². The predicted molar refractivity (Wildman–Crippen MR) is 77.6 cm³/mol. The van der Waals surface area contributed by atoms with Crippen molar-refractivity contribution in [2.75, 3.05) is 26.2 Å². The highest BCUT2D eigenvalue weighted by Crippen LogP contribution is 2.17. The normalized spacial score (nSPS) is 12.4. The van der Waals surface area contributed by atoms with Gasteiger partial charge >= 0.3 is 0 Å². The highest BCUT2D eigenvalue weighted by Gasteiger charge is 2.03. The number of rotatable bonds is 9. The largest absolute Gasteiger partial charge is 0.489 e. The summed E-state index contributed by atoms with van der Waals surface area (Å²) in [5, 5.41) is 7.41. The Kier molecular flexibility index (Phi) is 7.81. The Morgan fingerprint density at radius 2 is 2.00 bits per heavy atom. The molecule has 0 spiro atoms. The average Bonchev–Trinajstić information content (AvgIpc) is 2.33. The monoisotopic (exact) mass is 270 g/mol. The fourth-order valence-electron chi connectivity index (χ4n) is 1.60. The second-order valence-corrected chi connectivity index (χ2v) is 4.78. The number of halogens is 1. The smallest absolute Gasteiger partial charge is 0.121 e. The first-order valence-corrected chi connectivity index (χ1v) is 6.94. The van der Waals surface area contributed by atoms with Crippen LogP contribution < -0.4 is 15.4 Å². The van der Waals surface area contributed by atoms with Crippen LogP contribution in [0.15, 0.2) is 24.3 Å². The van der Waals surface area contributed by atoms with Crippen molar-refractivity contribution in [2.24, 2.45) is 0 Å². The van der Waals surface area contributed by atoms with E-state index in [-0.39, 0.29) is 6.10 Å². The number of ether oxygens (including phenoxy) is 1. The molecule has 0 aliphatic rings. The van der Waals surface area contributed by atoms with Gasteiger partial charge in [-0.3, -0.25) is 0 Å². The predicted octanol–water partition coefficient (Wildman–Crippen LogP) is 2.70. The van der Waals surface area contributed by atoms with Gasteiger partial charge in [0.25, 0.3) is 0 Å². The van der Waals surface area contributed by atoms with Crippen molar-refractivity contribution in [1.82, 2.24) is 10.6 Å². The SMILES string of the molecule is CCCNCCNCC(C)Oc1cccc(Cl)c1. The molecule has 102 valence electrons. The molecule has 0 amide bonds. The molecular formula is C14H23ClN2O. The number of hydrogen-bond acceptors (Lipinski definition) is 3. The summed E-state index contributed by atoms with van der Waals surface area (Å²) >= 11 is 5.90. The zero-order valence-corrected chi connectivity index (χ0v) is 12.0. The highest BCUT2D eigenvalue weighted by molar-refractivity contribution is 6.30. The Hall–Kier alpha value is -0.770. The van der Waals surface area contributed by atoms with E-state index < -0.39 is 0 Å². The molecule has 1 unspecified atom stereocenters. The molecule has 18 heavy (non-hydrogen) atoms. The number of nitrogens with one attached hydrogen (secondary N) is 2. The van der Waals surface area contributed by atoms with E-state index in [0.717, 1.165) is 31.9 Å². The van der Waals surface area contributed by atoms with E-state index >= 15 is 0 Å². The molecule has 0 bridgehead atoms. The lowest BCUT2D eigenvalue weighted by Crippen LogP contribution is -2.34. The minimum absolute atomic E-state index is 0.134. The van der Waals surface area contributed by atoms with E-state index in [9.17, 15) is 0 Å². The zero-order valence-electron chi connectivity index (χ0n) is 11.2. The van der Waals surface area contributed by atoms with Crippen LogP contribution in [0.2, 0.25) is 5.02 Å². The zero-order chi connectivity index (χ0) is 13.2. The minimum Gasteiger partial charge on any atom is -0.489 e. The molecule has 1 atom stereocenters. The van der Waals surface area contributed by atoms with E-state index in [1.807, 2.05) is 31.2 Å². The van der Waals surface area contributed by atoms with Gasteiger partial charge in [-0.1, -0.05) is 24.6 Å². The molecule has 0 saturated carbocycles. The third-order valence-corrected chi connectivity index (χ3v) is 2.71. The van der Waals surface area contributed by atoms with Gasteiger partial charge in [0.15, 0.2) is 0 Å². The summed E-state index contributed by atoms with van der Waals surface area (Å²) in [5.74, 6) is 0.820. The van der Waals surface area contributed by atoms with Crippen molar-refractivity contribution in [2.45, 2.75) is 26.4 Å². The van der Waals surface area contributed by atoms with E-state index in [4.69, 9.17) is 16.3 Å². The molecule has 0 fully saturated rings. The second kappa shape index (κ2) is 9.20. The van der Waals surface area contributed by atoms with E-state index in [1.54, 1.807) is 0 Å². The first kappa shape index (κ1) is 15.3. The Morgan fingerprint density at radius 3 is 2.72 bits per heavy atom. The maximum Gasteiger partial charge on any atom is 0.121 e. The summed E-state index contributed by atoms with van der Waals surface area (Å²) < 4.78 is 5.76. The van der Waals surface area contributed by atoms with Gasteiger partial charge in [0.2, 0.25) is 0 Å².